The Morgan fingerprint density at radius 1 is 1.19 bits per heavy atom. The average Bonchev–Trinajstić information content (AvgIpc) is 2.65. The van der Waals surface area contributed by atoms with Gasteiger partial charge in [-0.05, 0) is 41.3 Å². The van der Waals surface area contributed by atoms with Crippen molar-refractivity contribution in [3.63, 3.8) is 0 Å². The van der Waals surface area contributed by atoms with Crippen LogP contribution in [0.15, 0.2) is 48.5 Å². The molecule has 5 nitrogen and oxygen atoms in total. The Kier molecular flexibility index (Phi) is 8.20. The molecule has 1 unspecified atom stereocenters. The Hall–Kier alpha value is -2.47. The highest BCUT2D eigenvalue weighted by atomic mass is 32.2. The van der Waals surface area contributed by atoms with Crippen LogP contribution in [-0.4, -0.2) is 29.8 Å². The van der Waals surface area contributed by atoms with Gasteiger partial charge in [-0.25, -0.2) is 0 Å². The lowest BCUT2D eigenvalue weighted by Crippen LogP contribution is -2.14. The van der Waals surface area contributed by atoms with Crippen molar-refractivity contribution in [1.29, 1.82) is 0 Å². The van der Waals surface area contributed by atoms with Gasteiger partial charge in [-0.15, -0.1) is 0 Å². The molecule has 2 aromatic carbocycles. The van der Waals surface area contributed by atoms with Gasteiger partial charge < -0.3 is 15.2 Å². The number of ether oxygens (including phenoxy) is 1. The molecule has 1 atom stereocenters. The molecule has 0 saturated carbocycles. The van der Waals surface area contributed by atoms with E-state index in [1.165, 1.54) is 0 Å². The van der Waals surface area contributed by atoms with Gasteiger partial charge in [0.25, 0.3) is 0 Å². The third-order valence-corrected chi connectivity index (χ3v) is 5.12. The SMILES string of the molecule is COc1cccc(C(C)CC(=O)Nc2cccc(CSCCC(=O)O)c2)c1. The first-order chi connectivity index (χ1) is 13.0. The summed E-state index contributed by atoms with van der Waals surface area (Å²) >= 11 is 1.57. The monoisotopic (exact) mass is 387 g/mol. The first-order valence-corrected chi connectivity index (χ1v) is 9.95. The summed E-state index contributed by atoms with van der Waals surface area (Å²) < 4.78 is 5.24. The van der Waals surface area contributed by atoms with Gasteiger partial charge >= 0.3 is 5.97 Å². The molecule has 2 N–H and O–H groups in total. The summed E-state index contributed by atoms with van der Waals surface area (Å²) in [4.78, 5) is 22.9. The number of nitrogens with one attached hydrogen (secondary N) is 1. The molecular formula is C21H25NO4S. The third kappa shape index (κ3) is 7.35. The van der Waals surface area contributed by atoms with Crippen LogP contribution in [0.5, 0.6) is 5.75 Å². The van der Waals surface area contributed by atoms with Crippen molar-refractivity contribution < 1.29 is 19.4 Å². The molecule has 27 heavy (non-hydrogen) atoms. The Morgan fingerprint density at radius 3 is 2.70 bits per heavy atom. The number of anilines is 1. The maximum atomic E-state index is 12.4. The summed E-state index contributed by atoms with van der Waals surface area (Å²) in [6.45, 7) is 2.02. The lowest BCUT2D eigenvalue weighted by atomic mass is 9.97. The van der Waals surface area contributed by atoms with Crippen LogP contribution in [-0.2, 0) is 15.3 Å². The quantitative estimate of drug-likeness (QED) is 0.586. The minimum atomic E-state index is -0.784. The van der Waals surface area contributed by atoms with Crippen LogP contribution < -0.4 is 10.1 Å². The first kappa shape index (κ1) is 20.8. The summed E-state index contributed by atoms with van der Waals surface area (Å²) in [7, 11) is 1.63. The van der Waals surface area contributed by atoms with E-state index in [1.807, 2.05) is 55.5 Å². The van der Waals surface area contributed by atoms with Crippen molar-refractivity contribution in [3.05, 3.63) is 59.7 Å². The molecule has 0 fully saturated rings. The van der Waals surface area contributed by atoms with Gasteiger partial charge in [-0.3, -0.25) is 9.59 Å². The number of thioether (sulfide) groups is 1. The molecule has 0 aliphatic heterocycles. The fourth-order valence-electron chi connectivity index (χ4n) is 2.64. The second-order valence-electron chi connectivity index (χ2n) is 6.33. The molecule has 0 bridgehead atoms. The second kappa shape index (κ2) is 10.6. The molecule has 2 rings (SSSR count). The van der Waals surface area contributed by atoms with Crippen LogP contribution in [0.4, 0.5) is 5.69 Å². The highest BCUT2D eigenvalue weighted by molar-refractivity contribution is 7.98. The smallest absolute Gasteiger partial charge is 0.304 e. The zero-order chi connectivity index (χ0) is 19.6. The Bertz CT molecular complexity index is 778. The van der Waals surface area contributed by atoms with Crippen LogP contribution in [0.3, 0.4) is 0 Å². The standard InChI is InChI=1S/C21H25NO4S/c1-15(17-6-4-8-19(13-17)26-2)11-20(23)22-18-7-3-5-16(12-18)14-27-10-9-21(24)25/h3-8,12-13,15H,9-11,14H2,1-2H3,(H,22,23)(H,24,25). The lowest BCUT2D eigenvalue weighted by molar-refractivity contribution is -0.136. The van der Waals surface area contributed by atoms with Crippen molar-refractivity contribution >= 4 is 29.3 Å². The number of hydrogen-bond acceptors (Lipinski definition) is 4. The fraction of sp³-hybridized carbons (Fsp3) is 0.333. The summed E-state index contributed by atoms with van der Waals surface area (Å²) in [5, 5.41) is 11.6. The number of methoxy groups -OCH3 is 1. The molecule has 0 radical (unpaired) electrons. The molecule has 0 spiro atoms. The molecule has 2 aromatic rings. The number of carboxylic acids is 1. The topological polar surface area (TPSA) is 75.6 Å². The van der Waals surface area contributed by atoms with Crippen LogP contribution in [0.25, 0.3) is 0 Å². The first-order valence-electron chi connectivity index (χ1n) is 8.80. The molecular weight excluding hydrogens is 362 g/mol. The van der Waals surface area contributed by atoms with E-state index in [0.29, 0.717) is 12.2 Å². The zero-order valence-electron chi connectivity index (χ0n) is 15.6. The highest BCUT2D eigenvalue weighted by Gasteiger charge is 2.12. The fourth-order valence-corrected chi connectivity index (χ4v) is 3.52. The van der Waals surface area contributed by atoms with Gasteiger partial charge in [0.05, 0.1) is 13.5 Å². The molecule has 0 saturated heterocycles. The third-order valence-electron chi connectivity index (χ3n) is 4.09. The second-order valence-corrected chi connectivity index (χ2v) is 7.43. The molecule has 0 aliphatic rings. The molecule has 0 aromatic heterocycles. The molecule has 0 aliphatic carbocycles. The summed E-state index contributed by atoms with van der Waals surface area (Å²) in [6.07, 6.45) is 0.536. The Balaban J connectivity index is 1.87. The van der Waals surface area contributed by atoms with Gasteiger partial charge in [-0.2, -0.15) is 11.8 Å². The van der Waals surface area contributed by atoms with Crippen molar-refractivity contribution in [1.82, 2.24) is 0 Å². The van der Waals surface area contributed by atoms with Gasteiger partial charge in [0.15, 0.2) is 0 Å². The number of benzene rings is 2. The van der Waals surface area contributed by atoms with E-state index in [2.05, 4.69) is 5.32 Å². The molecule has 0 heterocycles. The summed E-state index contributed by atoms with van der Waals surface area (Å²) in [5.74, 6) is 1.33. The Labute approximate surface area is 164 Å². The van der Waals surface area contributed by atoms with Crippen LogP contribution in [0, 0.1) is 0 Å². The van der Waals surface area contributed by atoms with E-state index >= 15 is 0 Å². The summed E-state index contributed by atoms with van der Waals surface area (Å²) in [5.41, 5.74) is 2.88. The van der Waals surface area contributed by atoms with E-state index in [0.717, 1.165) is 28.3 Å². The molecule has 6 heteroatoms. The Morgan fingerprint density at radius 2 is 1.96 bits per heavy atom. The number of carboxylic acid groups (broad SMARTS) is 1. The molecule has 144 valence electrons. The largest absolute Gasteiger partial charge is 0.497 e. The predicted molar refractivity (Wildman–Crippen MR) is 110 cm³/mol. The normalized spacial score (nSPS) is 11.6. The lowest BCUT2D eigenvalue weighted by Gasteiger charge is -2.13. The number of amides is 1. The van der Waals surface area contributed by atoms with Gasteiger partial charge in [-0.1, -0.05) is 31.2 Å². The minimum absolute atomic E-state index is 0.0407. The van der Waals surface area contributed by atoms with E-state index in [9.17, 15) is 9.59 Å². The highest BCUT2D eigenvalue weighted by Crippen LogP contribution is 2.24. The van der Waals surface area contributed by atoms with Crippen molar-refractivity contribution in [2.45, 2.75) is 31.4 Å². The van der Waals surface area contributed by atoms with Crippen molar-refractivity contribution in [2.75, 3.05) is 18.2 Å². The maximum absolute atomic E-state index is 12.4. The van der Waals surface area contributed by atoms with Gasteiger partial charge in [0.1, 0.15) is 5.75 Å². The average molecular weight is 388 g/mol. The van der Waals surface area contributed by atoms with E-state index < -0.39 is 5.97 Å². The predicted octanol–water partition coefficient (Wildman–Crippen LogP) is 4.54. The van der Waals surface area contributed by atoms with Crippen LogP contribution in [0.2, 0.25) is 0 Å². The number of rotatable bonds is 10. The van der Waals surface area contributed by atoms with E-state index in [4.69, 9.17) is 9.84 Å². The van der Waals surface area contributed by atoms with Crippen LogP contribution >= 0.6 is 11.8 Å². The minimum Gasteiger partial charge on any atom is -0.497 e. The van der Waals surface area contributed by atoms with Gasteiger partial charge in [0, 0.05) is 23.6 Å². The number of carbonyl (C=O) groups excluding carboxylic acids is 1. The van der Waals surface area contributed by atoms with Gasteiger partial charge in [0.2, 0.25) is 5.91 Å². The van der Waals surface area contributed by atoms with Crippen molar-refractivity contribution in [3.8, 4) is 5.75 Å². The van der Waals surface area contributed by atoms with Crippen LogP contribution in [0.1, 0.15) is 36.8 Å². The molecule has 1 amide bonds. The van der Waals surface area contributed by atoms with E-state index in [-0.39, 0.29) is 18.2 Å². The number of carbonyl (C=O) groups is 2. The zero-order valence-corrected chi connectivity index (χ0v) is 16.4. The maximum Gasteiger partial charge on any atom is 0.304 e. The van der Waals surface area contributed by atoms with E-state index in [1.54, 1.807) is 18.9 Å². The number of aliphatic carboxylic acids is 1. The summed E-state index contributed by atoms with van der Waals surface area (Å²) in [6, 6.07) is 15.4. The van der Waals surface area contributed by atoms with Crippen molar-refractivity contribution in [2.24, 2.45) is 0 Å². The number of hydrogen-bond donors (Lipinski definition) is 2.